The van der Waals surface area contributed by atoms with E-state index in [0.29, 0.717) is 31.9 Å². The van der Waals surface area contributed by atoms with Crippen molar-refractivity contribution >= 4 is 29.6 Å². The Morgan fingerprint density at radius 1 is 1.00 bits per heavy atom. The van der Waals surface area contributed by atoms with Gasteiger partial charge in [0.05, 0.1) is 30.7 Å². The number of ether oxygens (including phenoxy) is 1. The predicted octanol–water partition coefficient (Wildman–Crippen LogP) is 2.17. The number of para-hydroxylation sites is 1. The molecule has 0 aromatic heterocycles. The summed E-state index contributed by atoms with van der Waals surface area (Å²) in [5, 5.41) is 6.42. The van der Waals surface area contributed by atoms with Crippen molar-refractivity contribution in [2.45, 2.75) is 20.8 Å². The van der Waals surface area contributed by atoms with Gasteiger partial charge in [-0.25, -0.2) is 5.43 Å². The van der Waals surface area contributed by atoms with Crippen molar-refractivity contribution < 1.29 is 19.1 Å². The average Bonchev–Trinajstić information content (AvgIpc) is 2.75. The fourth-order valence-electron chi connectivity index (χ4n) is 3.50. The SMILES string of the molecule is Cc1cc(C)c(/C=N\NC(=O)C(=O)Nc2ccccc2C(=O)N2CCOCC2)c(C)c1. The van der Waals surface area contributed by atoms with E-state index in [1.807, 2.05) is 32.9 Å². The Morgan fingerprint density at radius 3 is 2.32 bits per heavy atom. The first-order valence-electron chi connectivity index (χ1n) is 10.0. The van der Waals surface area contributed by atoms with Crippen LogP contribution in [-0.2, 0) is 14.3 Å². The number of nitrogens with zero attached hydrogens (tertiary/aromatic N) is 2. The summed E-state index contributed by atoms with van der Waals surface area (Å²) in [4.78, 5) is 39.0. The van der Waals surface area contributed by atoms with E-state index >= 15 is 0 Å². The van der Waals surface area contributed by atoms with Crippen LogP contribution in [0.3, 0.4) is 0 Å². The number of aryl methyl sites for hydroxylation is 3. The second kappa shape index (κ2) is 9.99. The third kappa shape index (κ3) is 5.55. The number of anilines is 1. The van der Waals surface area contributed by atoms with Crippen LogP contribution in [0.25, 0.3) is 0 Å². The second-order valence-electron chi connectivity index (χ2n) is 7.42. The minimum atomic E-state index is -0.924. The highest BCUT2D eigenvalue weighted by Crippen LogP contribution is 2.18. The van der Waals surface area contributed by atoms with Gasteiger partial charge in [0.2, 0.25) is 0 Å². The molecule has 0 aliphatic carbocycles. The molecular weight excluding hydrogens is 396 g/mol. The lowest BCUT2D eigenvalue weighted by molar-refractivity contribution is -0.136. The van der Waals surface area contributed by atoms with Gasteiger partial charge < -0.3 is 15.0 Å². The highest BCUT2D eigenvalue weighted by Gasteiger charge is 2.22. The maximum atomic E-state index is 12.8. The van der Waals surface area contributed by atoms with Gasteiger partial charge in [0.1, 0.15) is 0 Å². The Bertz CT molecular complexity index is 1000. The predicted molar refractivity (Wildman–Crippen MR) is 118 cm³/mol. The van der Waals surface area contributed by atoms with Gasteiger partial charge >= 0.3 is 11.8 Å². The Balaban J connectivity index is 1.65. The number of morpholine rings is 1. The van der Waals surface area contributed by atoms with Crippen LogP contribution in [0.15, 0.2) is 41.5 Å². The molecule has 1 heterocycles. The van der Waals surface area contributed by atoms with Crippen LogP contribution in [0.1, 0.15) is 32.6 Å². The van der Waals surface area contributed by atoms with Gasteiger partial charge in [0.15, 0.2) is 0 Å². The monoisotopic (exact) mass is 422 g/mol. The van der Waals surface area contributed by atoms with Crippen molar-refractivity contribution in [2.75, 3.05) is 31.6 Å². The minimum Gasteiger partial charge on any atom is -0.378 e. The molecule has 1 fully saturated rings. The molecule has 0 atom stereocenters. The van der Waals surface area contributed by atoms with E-state index in [9.17, 15) is 14.4 Å². The van der Waals surface area contributed by atoms with Gasteiger partial charge in [-0.15, -0.1) is 0 Å². The van der Waals surface area contributed by atoms with Crippen LogP contribution < -0.4 is 10.7 Å². The number of rotatable bonds is 4. The van der Waals surface area contributed by atoms with Gasteiger partial charge in [0.25, 0.3) is 5.91 Å². The van der Waals surface area contributed by atoms with E-state index in [0.717, 1.165) is 22.3 Å². The van der Waals surface area contributed by atoms with E-state index in [1.54, 1.807) is 29.2 Å². The van der Waals surface area contributed by atoms with Crippen LogP contribution >= 0.6 is 0 Å². The molecule has 0 radical (unpaired) electrons. The number of amides is 3. The van der Waals surface area contributed by atoms with Crippen molar-refractivity contribution in [1.82, 2.24) is 10.3 Å². The van der Waals surface area contributed by atoms with Crippen LogP contribution in [0.4, 0.5) is 5.69 Å². The quantitative estimate of drug-likeness (QED) is 0.448. The van der Waals surface area contributed by atoms with Crippen LogP contribution in [0.5, 0.6) is 0 Å². The van der Waals surface area contributed by atoms with Crippen molar-refractivity contribution in [2.24, 2.45) is 5.10 Å². The number of hydrogen-bond donors (Lipinski definition) is 2. The third-order valence-electron chi connectivity index (χ3n) is 5.01. The smallest absolute Gasteiger partial charge is 0.329 e. The Hall–Kier alpha value is -3.52. The number of hydrazone groups is 1. The molecule has 3 rings (SSSR count). The van der Waals surface area contributed by atoms with Crippen molar-refractivity contribution in [1.29, 1.82) is 0 Å². The van der Waals surface area contributed by atoms with Crippen molar-refractivity contribution in [3.8, 4) is 0 Å². The van der Waals surface area contributed by atoms with E-state index in [2.05, 4.69) is 15.8 Å². The Morgan fingerprint density at radius 2 is 1.65 bits per heavy atom. The summed E-state index contributed by atoms with van der Waals surface area (Å²) >= 11 is 0. The van der Waals surface area contributed by atoms with Crippen LogP contribution in [0.2, 0.25) is 0 Å². The first-order valence-corrected chi connectivity index (χ1v) is 10.0. The summed E-state index contributed by atoms with van der Waals surface area (Å²) in [6, 6.07) is 10.6. The molecule has 2 N–H and O–H groups in total. The molecule has 8 heteroatoms. The average molecular weight is 422 g/mol. The molecule has 2 aromatic rings. The molecule has 162 valence electrons. The fourth-order valence-corrected chi connectivity index (χ4v) is 3.50. The van der Waals surface area contributed by atoms with Crippen molar-refractivity contribution in [3.63, 3.8) is 0 Å². The maximum absolute atomic E-state index is 12.8. The van der Waals surface area contributed by atoms with Gasteiger partial charge in [0, 0.05) is 18.7 Å². The number of hydrogen-bond acceptors (Lipinski definition) is 5. The minimum absolute atomic E-state index is 0.219. The molecule has 0 unspecified atom stereocenters. The number of benzene rings is 2. The Kier molecular flexibility index (Phi) is 7.15. The fraction of sp³-hybridized carbons (Fsp3) is 0.304. The molecule has 1 saturated heterocycles. The standard InChI is InChI=1S/C23H26N4O4/c1-15-12-16(2)19(17(3)13-15)14-24-26-22(29)21(28)25-20-7-5-4-6-18(20)23(30)27-8-10-31-11-9-27/h4-7,12-14H,8-11H2,1-3H3,(H,25,28)(H,26,29)/b24-14-. The number of carbonyl (C=O) groups excluding carboxylic acids is 3. The molecule has 2 aromatic carbocycles. The van der Waals surface area contributed by atoms with E-state index in [4.69, 9.17) is 4.74 Å². The lowest BCUT2D eigenvalue weighted by Gasteiger charge is -2.27. The number of carbonyl (C=O) groups is 3. The van der Waals surface area contributed by atoms with Gasteiger partial charge in [-0.1, -0.05) is 29.8 Å². The molecule has 0 bridgehead atoms. The van der Waals surface area contributed by atoms with Gasteiger partial charge in [-0.05, 0) is 44.0 Å². The topological polar surface area (TPSA) is 100 Å². The normalized spacial score (nSPS) is 13.8. The largest absolute Gasteiger partial charge is 0.378 e. The first kappa shape index (κ1) is 22.2. The summed E-state index contributed by atoms with van der Waals surface area (Å²) in [5.74, 6) is -2.05. The van der Waals surface area contributed by atoms with Gasteiger partial charge in [-0.3, -0.25) is 14.4 Å². The lowest BCUT2D eigenvalue weighted by Crippen LogP contribution is -2.41. The molecule has 0 spiro atoms. The highest BCUT2D eigenvalue weighted by atomic mass is 16.5. The summed E-state index contributed by atoms with van der Waals surface area (Å²) in [6.45, 7) is 7.83. The molecule has 1 aliphatic rings. The molecule has 3 amide bonds. The second-order valence-corrected chi connectivity index (χ2v) is 7.42. The summed E-state index contributed by atoms with van der Waals surface area (Å²) < 4.78 is 5.27. The van der Waals surface area contributed by atoms with Gasteiger partial charge in [-0.2, -0.15) is 5.10 Å². The van der Waals surface area contributed by atoms with E-state index in [-0.39, 0.29) is 11.6 Å². The molecule has 0 saturated carbocycles. The summed E-state index contributed by atoms with van der Waals surface area (Å²) in [5.41, 5.74) is 6.90. The zero-order chi connectivity index (χ0) is 22.4. The zero-order valence-corrected chi connectivity index (χ0v) is 17.9. The Labute approximate surface area is 181 Å². The summed E-state index contributed by atoms with van der Waals surface area (Å²) in [6.07, 6.45) is 1.52. The molecule has 31 heavy (non-hydrogen) atoms. The van der Waals surface area contributed by atoms with Crippen molar-refractivity contribution in [3.05, 3.63) is 64.2 Å². The molecule has 8 nitrogen and oxygen atoms in total. The highest BCUT2D eigenvalue weighted by molar-refractivity contribution is 6.40. The third-order valence-corrected chi connectivity index (χ3v) is 5.01. The van der Waals surface area contributed by atoms with Crippen LogP contribution in [0, 0.1) is 20.8 Å². The van der Waals surface area contributed by atoms with E-state index in [1.165, 1.54) is 6.21 Å². The summed E-state index contributed by atoms with van der Waals surface area (Å²) in [7, 11) is 0. The van der Waals surface area contributed by atoms with E-state index < -0.39 is 11.8 Å². The maximum Gasteiger partial charge on any atom is 0.329 e. The molecular formula is C23H26N4O4. The lowest BCUT2D eigenvalue weighted by atomic mass is 10.0. The van der Waals surface area contributed by atoms with Crippen LogP contribution in [-0.4, -0.2) is 55.1 Å². The molecule has 1 aliphatic heterocycles. The number of nitrogens with one attached hydrogen (secondary N) is 2. The first-order chi connectivity index (χ1) is 14.9. The zero-order valence-electron chi connectivity index (χ0n) is 17.9.